The van der Waals surface area contributed by atoms with Crippen molar-refractivity contribution in [2.75, 3.05) is 19.5 Å². The minimum absolute atomic E-state index is 0.696. The van der Waals surface area contributed by atoms with Crippen LogP contribution in [0.1, 0.15) is 19.3 Å². The van der Waals surface area contributed by atoms with Crippen molar-refractivity contribution in [2.24, 2.45) is 5.92 Å². The molecule has 0 bridgehead atoms. The quantitative estimate of drug-likeness (QED) is 0.628. The van der Waals surface area contributed by atoms with E-state index in [2.05, 4.69) is 12.8 Å². The summed E-state index contributed by atoms with van der Waals surface area (Å²) in [4.78, 5) is 0. The summed E-state index contributed by atoms with van der Waals surface area (Å²) in [5.41, 5.74) is 6.35. The number of methoxy groups -OCH3 is 1. The molecule has 1 saturated carbocycles. The molecule has 2 N–H and O–H groups in total. The number of terminal acetylenes is 1. The Morgan fingerprint density at radius 2 is 2.00 bits per heavy atom. The van der Waals surface area contributed by atoms with Crippen LogP contribution in [-0.4, -0.2) is 13.7 Å². The second-order valence-corrected chi connectivity index (χ2v) is 3.99. The van der Waals surface area contributed by atoms with E-state index < -0.39 is 0 Å². The van der Waals surface area contributed by atoms with Crippen LogP contribution in [-0.2, 0) is 0 Å². The molecule has 2 rings (SSSR count). The van der Waals surface area contributed by atoms with Gasteiger partial charge in [-0.15, -0.1) is 12.8 Å². The molecule has 0 heterocycles. The molecule has 92 valence electrons. The van der Waals surface area contributed by atoms with Gasteiger partial charge in [-0.2, -0.15) is 0 Å². The lowest BCUT2D eigenvalue weighted by Crippen LogP contribution is -2.00. The van der Waals surface area contributed by atoms with Gasteiger partial charge in [-0.05, 0) is 24.5 Å². The molecule has 0 aromatic heterocycles. The summed E-state index contributed by atoms with van der Waals surface area (Å²) >= 11 is 0. The molecular weight excluding hydrogens is 214 g/mol. The molecular formula is C14H19NO2. The zero-order valence-corrected chi connectivity index (χ0v) is 10.2. The van der Waals surface area contributed by atoms with E-state index in [9.17, 15) is 0 Å². The number of rotatable bonds is 5. The van der Waals surface area contributed by atoms with Crippen molar-refractivity contribution in [2.45, 2.75) is 19.3 Å². The van der Waals surface area contributed by atoms with Crippen LogP contribution in [0.4, 0.5) is 5.69 Å². The first-order valence-electron chi connectivity index (χ1n) is 5.69. The monoisotopic (exact) mass is 233 g/mol. The molecule has 0 saturated heterocycles. The minimum atomic E-state index is 0.696. The van der Waals surface area contributed by atoms with E-state index in [-0.39, 0.29) is 0 Å². The van der Waals surface area contributed by atoms with Crippen LogP contribution in [0.2, 0.25) is 0 Å². The van der Waals surface area contributed by atoms with Crippen LogP contribution in [0.25, 0.3) is 0 Å². The zero-order chi connectivity index (χ0) is 12.7. The molecule has 0 aliphatic heterocycles. The van der Waals surface area contributed by atoms with Gasteiger partial charge < -0.3 is 15.2 Å². The zero-order valence-electron chi connectivity index (χ0n) is 10.2. The number of benzene rings is 1. The van der Waals surface area contributed by atoms with E-state index in [0.29, 0.717) is 11.4 Å². The van der Waals surface area contributed by atoms with Gasteiger partial charge in [0.2, 0.25) is 0 Å². The highest BCUT2D eigenvalue weighted by Gasteiger charge is 2.20. The van der Waals surface area contributed by atoms with Crippen LogP contribution in [0.15, 0.2) is 18.2 Å². The van der Waals surface area contributed by atoms with Crippen LogP contribution in [0.3, 0.4) is 0 Å². The standard InChI is InChI=1S/C12H17NO2.C2H2/c1-14-12-8-10(13)4-5-11(12)15-7-6-9-2-3-9;1-2/h4-5,8-9H,2-3,6-7,13H2,1H3;1-2H. The predicted molar refractivity (Wildman–Crippen MR) is 70.1 cm³/mol. The van der Waals surface area contributed by atoms with Gasteiger partial charge in [0.15, 0.2) is 11.5 Å². The second-order valence-electron chi connectivity index (χ2n) is 3.99. The van der Waals surface area contributed by atoms with Gasteiger partial charge in [-0.3, -0.25) is 0 Å². The molecule has 1 fully saturated rings. The predicted octanol–water partition coefficient (Wildman–Crippen LogP) is 2.71. The number of hydrogen-bond donors (Lipinski definition) is 1. The summed E-state index contributed by atoms with van der Waals surface area (Å²) in [6.45, 7) is 0.769. The number of nitrogens with two attached hydrogens (primary N) is 1. The van der Waals surface area contributed by atoms with E-state index in [0.717, 1.165) is 24.7 Å². The number of anilines is 1. The van der Waals surface area contributed by atoms with E-state index in [1.807, 2.05) is 12.1 Å². The molecule has 0 amide bonds. The SMILES string of the molecule is C#C.COc1cc(N)ccc1OCCC1CC1. The van der Waals surface area contributed by atoms with E-state index >= 15 is 0 Å². The molecule has 1 aromatic carbocycles. The molecule has 0 unspecified atom stereocenters. The minimum Gasteiger partial charge on any atom is -0.493 e. The summed E-state index contributed by atoms with van der Waals surface area (Å²) in [5, 5.41) is 0. The van der Waals surface area contributed by atoms with Crippen molar-refractivity contribution in [1.29, 1.82) is 0 Å². The summed E-state index contributed by atoms with van der Waals surface area (Å²) in [7, 11) is 1.63. The van der Waals surface area contributed by atoms with Gasteiger partial charge in [-0.25, -0.2) is 0 Å². The topological polar surface area (TPSA) is 44.5 Å². The third kappa shape index (κ3) is 4.28. The highest BCUT2D eigenvalue weighted by atomic mass is 16.5. The lowest BCUT2D eigenvalue weighted by atomic mass is 10.3. The van der Waals surface area contributed by atoms with Crippen LogP contribution >= 0.6 is 0 Å². The van der Waals surface area contributed by atoms with E-state index in [1.54, 1.807) is 13.2 Å². The molecule has 1 aromatic rings. The normalized spacial score (nSPS) is 13.4. The summed E-state index contributed by atoms with van der Waals surface area (Å²) < 4.78 is 10.8. The van der Waals surface area contributed by atoms with E-state index in [4.69, 9.17) is 15.2 Å². The third-order valence-electron chi connectivity index (χ3n) is 2.67. The Balaban J connectivity index is 0.000000686. The van der Waals surface area contributed by atoms with Gasteiger partial charge in [0, 0.05) is 11.8 Å². The molecule has 0 radical (unpaired) electrons. The highest BCUT2D eigenvalue weighted by Crippen LogP contribution is 2.33. The fourth-order valence-electron chi connectivity index (χ4n) is 1.55. The highest BCUT2D eigenvalue weighted by molar-refractivity contribution is 5.51. The van der Waals surface area contributed by atoms with Gasteiger partial charge in [0.05, 0.1) is 13.7 Å². The Morgan fingerprint density at radius 1 is 1.29 bits per heavy atom. The summed E-state index contributed by atoms with van der Waals surface area (Å²) in [6, 6.07) is 5.47. The average Bonchev–Trinajstić information content (AvgIpc) is 3.17. The first-order chi connectivity index (χ1) is 8.29. The fourth-order valence-corrected chi connectivity index (χ4v) is 1.55. The second kappa shape index (κ2) is 6.70. The first kappa shape index (κ1) is 13.2. The Morgan fingerprint density at radius 3 is 2.59 bits per heavy atom. The molecule has 1 aliphatic carbocycles. The lowest BCUT2D eigenvalue weighted by Gasteiger charge is -2.10. The van der Waals surface area contributed by atoms with Crippen molar-refractivity contribution < 1.29 is 9.47 Å². The Bertz CT molecular complexity index is 370. The van der Waals surface area contributed by atoms with Crippen molar-refractivity contribution in [3.63, 3.8) is 0 Å². The summed E-state index contributed by atoms with van der Waals surface area (Å²) in [5.74, 6) is 2.39. The number of nitrogen functional groups attached to an aromatic ring is 1. The molecule has 3 heteroatoms. The van der Waals surface area contributed by atoms with E-state index in [1.165, 1.54) is 12.8 Å². The van der Waals surface area contributed by atoms with Crippen LogP contribution < -0.4 is 15.2 Å². The smallest absolute Gasteiger partial charge is 0.162 e. The number of ether oxygens (including phenoxy) is 2. The third-order valence-corrected chi connectivity index (χ3v) is 2.67. The summed E-state index contributed by atoms with van der Waals surface area (Å²) in [6.07, 6.45) is 11.9. The Labute approximate surface area is 103 Å². The van der Waals surface area contributed by atoms with Gasteiger partial charge in [0.1, 0.15) is 0 Å². The van der Waals surface area contributed by atoms with Gasteiger partial charge in [0.25, 0.3) is 0 Å². The largest absolute Gasteiger partial charge is 0.493 e. The maximum atomic E-state index is 5.65. The maximum Gasteiger partial charge on any atom is 0.162 e. The van der Waals surface area contributed by atoms with Crippen LogP contribution in [0.5, 0.6) is 11.5 Å². The lowest BCUT2D eigenvalue weighted by molar-refractivity contribution is 0.283. The molecule has 3 nitrogen and oxygen atoms in total. The van der Waals surface area contributed by atoms with Gasteiger partial charge >= 0.3 is 0 Å². The Hall–Kier alpha value is -1.82. The molecule has 17 heavy (non-hydrogen) atoms. The van der Waals surface area contributed by atoms with Crippen molar-refractivity contribution in [1.82, 2.24) is 0 Å². The van der Waals surface area contributed by atoms with Crippen molar-refractivity contribution >= 4 is 5.69 Å². The van der Waals surface area contributed by atoms with Gasteiger partial charge in [-0.1, -0.05) is 12.8 Å². The van der Waals surface area contributed by atoms with Crippen molar-refractivity contribution in [3.05, 3.63) is 18.2 Å². The average molecular weight is 233 g/mol. The molecule has 1 aliphatic rings. The molecule has 0 spiro atoms. The van der Waals surface area contributed by atoms with Crippen molar-refractivity contribution in [3.8, 4) is 24.3 Å². The number of hydrogen-bond acceptors (Lipinski definition) is 3. The van der Waals surface area contributed by atoms with Crippen LogP contribution in [0, 0.1) is 18.8 Å². The fraction of sp³-hybridized carbons (Fsp3) is 0.429. The maximum absolute atomic E-state index is 5.65. The molecule has 0 atom stereocenters. The first-order valence-corrected chi connectivity index (χ1v) is 5.69. The Kier molecular flexibility index (Phi) is 5.22.